The van der Waals surface area contributed by atoms with Crippen LogP contribution in [0, 0.1) is 17.8 Å². The van der Waals surface area contributed by atoms with Crippen molar-refractivity contribution >= 4 is 11.0 Å². The molecule has 1 aromatic heterocycles. The molecule has 2 atom stereocenters. The fraction of sp³-hybridized carbons (Fsp3) is 0.611. The number of para-hydroxylation sites is 2. The maximum atomic E-state index is 4.58. The number of benzene rings is 1. The number of rotatable bonds is 1. The second-order valence-corrected chi connectivity index (χ2v) is 7.05. The van der Waals surface area contributed by atoms with Crippen molar-refractivity contribution in [3.63, 3.8) is 0 Å². The molecule has 3 rings (SSSR count). The van der Waals surface area contributed by atoms with Gasteiger partial charge in [0.2, 0.25) is 0 Å². The number of hydrogen-bond acceptors (Lipinski definition) is 1. The van der Waals surface area contributed by atoms with Crippen molar-refractivity contribution in [2.45, 2.75) is 52.5 Å². The first kappa shape index (κ1) is 13.7. The van der Waals surface area contributed by atoms with Crippen molar-refractivity contribution in [1.82, 2.24) is 9.55 Å². The molecule has 1 heterocycles. The average Bonchev–Trinajstić information content (AvgIpc) is 2.79. The van der Waals surface area contributed by atoms with E-state index in [1.54, 1.807) is 0 Å². The summed E-state index contributed by atoms with van der Waals surface area (Å²) in [5.74, 6) is 2.49. The highest BCUT2D eigenvalue weighted by atomic mass is 15.1. The first-order chi connectivity index (χ1) is 9.63. The van der Waals surface area contributed by atoms with Gasteiger partial charge in [-0.05, 0) is 55.6 Å². The Hall–Kier alpha value is -1.31. The van der Waals surface area contributed by atoms with Crippen LogP contribution in [0.3, 0.4) is 0 Å². The highest BCUT2D eigenvalue weighted by Crippen LogP contribution is 2.36. The SMILES string of the molecule is CC1CC(C)CC(n2cnc3ccccc32)CC(C)C1. The molecule has 108 valence electrons. The van der Waals surface area contributed by atoms with E-state index < -0.39 is 0 Å². The van der Waals surface area contributed by atoms with Gasteiger partial charge in [-0.1, -0.05) is 32.9 Å². The van der Waals surface area contributed by atoms with Crippen molar-refractivity contribution in [3.05, 3.63) is 30.6 Å². The number of imidazole rings is 1. The van der Waals surface area contributed by atoms with Gasteiger partial charge in [-0.2, -0.15) is 0 Å². The van der Waals surface area contributed by atoms with Crippen molar-refractivity contribution in [1.29, 1.82) is 0 Å². The Bertz CT molecular complexity index is 558. The molecule has 2 heteroatoms. The Morgan fingerprint density at radius 1 is 0.900 bits per heavy atom. The molecule has 0 saturated heterocycles. The molecular formula is C18H26N2. The second kappa shape index (κ2) is 5.59. The molecular weight excluding hydrogens is 244 g/mol. The summed E-state index contributed by atoms with van der Waals surface area (Å²) in [6, 6.07) is 9.13. The Morgan fingerprint density at radius 2 is 1.50 bits per heavy atom. The van der Waals surface area contributed by atoms with Crippen LogP contribution in [0.2, 0.25) is 0 Å². The summed E-state index contributed by atoms with van der Waals surface area (Å²) in [6.45, 7) is 7.25. The summed E-state index contributed by atoms with van der Waals surface area (Å²) < 4.78 is 2.43. The van der Waals surface area contributed by atoms with E-state index in [1.165, 1.54) is 31.2 Å². The standard InChI is InChI=1S/C18H26N2/c1-13-8-14(2)10-16(11-15(3)9-13)20-12-19-17-6-4-5-7-18(17)20/h4-7,12-16H,8-11H2,1-3H3. The van der Waals surface area contributed by atoms with Crippen LogP contribution in [-0.4, -0.2) is 9.55 Å². The van der Waals surface area contributed by atoms with E-state index >= 15 is 0 Å². The lowest BCUT2D eigenvalue weighted by atomic mass is 9.79. The minimum Gasteiger partial charge on any atom is -0.327 e. The van der Waals surface area contributed by atoms with Gasteiger partial charge in [0.1, 0.15) is 0 Å². The van der Waals surface area contributed by atoms with Gasteiger partial charge in [0.15, 0.2) is 0 Å². The zero-order chi connectivity index (χ0) is 14.1. The minimum absolute atomic E-state index is 0.611. The predicted molar refractivity (Wildman–Crippen MR) is 84.7 cm³/mol. The van der Waals surface area contributed by atoms with E-state index in [9.17, 15) is 0 Å². The fourth-order valence-corrected chi connectivity index (χ4v) is 4.18. The summed E-state index contributed by atoms with van der Waals surface area (Å²) in [7, 11) is 0. The largest absolute Gasteiger partial charge is 0.327 e. The number of aromatic nitrogens is 2. The third kappa shape index (κ3) is 2.74. The van der Waals surface area contributed by atoms with Gasteiger partial charge in [-0.3, -0.25) is 0 Å². The molecule has 0 bridgehead atoms. The van der Waals surface area contributed by atoms with Crippen molar-refractivity contribution in [3.8, 4) is 0 Å². The zero-order valence-electron chi connectivity index (χ0n) is 12.9. The number of fused-ring (bicyclic) bond motifs is 1. The lowest BCUT2D eigenvalue weighted by Gasteiger charge is -2.31. The normalized spacial score (nSPS) is 31.9. The van der Waals surface area contributed by atoms with Gasteiger partial charge in [-0.15, -0.1) is 0 Å². The number of nitrogens with zero attached hydrogens (tertiary/aromatic N) is 2. The monoisotopic (exact) mass is 270 g/mol. The molecule has 2 aromatic rings. The van der Waals surface area contributed by atoms with Crippen LogP contribution in [0.15, 0.2) is 30.6 Å². The summed E-state index contributed by atoms with van der Waals surface area (Å²) in [4.78, 5) is 4.58. The smallest absolute Gasteiger partial charge is 0.0960 e. The quantitative estimate of drug-likeness (QED) is 0.708. The molecule has 0 amide bonds. The Morgan fingerprint density at radius 3 is 2.20 bits per heavy atom. The molecule has 0 N–H and O–H groups in total. The van der Waals surface area contributed by atoms with Gasteiger partial charge < -0.3 is 4.57 Å². The van der Waals surface area contributed by atoms with Gasteiger partial charge in [0, 0.05) is 6.04 Å². The molecule has 1 fully saturated rings. The predicted octanol–water partition coefficient (Wildman–Crippen LogP) is 5.06. The third-order valence-electron chi connectivity index (χ3n) is 4.83. The van der Waals surface area contributed by atoms with E-state index in [-0.39, 0.29) is 0 Å². The molecule has 2 unspecified atom stereocenters. The van der Waals surface area contributed by atoms with Crippen molar-refractivity contribution in [2.24, 2.45) is 17.8 Å². The summed E-state index contributed by atoms with van der Waals surface area (Å²) in [5.41, 5.74) is 2.42. The van der Waals surface area contributed by atoms with E-state index in [0.29, 0.717) is 6.04 Å². The van der Waals surface area contributed by atoms with Crippen LogP contribution < -0.4 is 0 Å². The molecule has 1 aliphatic carbocycles. The highest BCUT2D eigenvalue weighted by molar-refractivity contribution is 5.75. The first-order valence-electron chi connectivity index (χ1n) is 8.05. The second-order valence-electron chi connectivity index (χ2n) is 7.05. The zero-order valence-corrected chi connectivity index (χ0v) is 12.9. The molecule has 20 heavy (non-hydrogen) atoms. The maximum Gasteiger partial charge on any atom is 0.0960 e. The van der Waals surface area contributed by atoms with Gasteiger partial charge in [0.25, 0.3) is 0 Å². The third-order valence-corrected chi connectivity index (χ3v) is 4.83. The molecule has 2 nitrogen and oxygen atoms in total. The molecule has 0 radical (unpaired) electrons. The Kier molecular flexibility index (Phi) is 3.82. The topological polar surface area (TPSA) is 17.8 Å². The molecule has 0 aliphatic heterocycles. The van der Waals surface area contributed by atoms with Crippen molar-refractivity contribution in [2.75, 3.05) is 0 Å². The maximum absolute atomic E-state index is 4.58. The van der Waals surface area contributed by atoms with E-state index in [2.05, 4.69) is 60.9 Å². The first-order valence-corrected chi connectivity index (χ1v) is 8.05. The van der Waals surface area contributed by atoms with Gasteiger partial charge in [-0.25, -0.2) is 4.98 Å². The van der Waals surface area contributed by atoms with Gasteiger partial charge in [0.05, 0.1) is 17.4 Å². The van der Waals surface area contributed by atoms with E-state index in [4.69, 9.17) is 0 Å². The van der Waals surface area contributed by atoms with Crippen LogP contribution in [0.5, 0.6) is 0 Å². The fourth-order valence-electron chi connectivity index (χ4n) is 4.18. The summed E-state index contributed by atoms with van der Waals surface area (Å²) >= 11 is 0. The summed E-state index contributed by atoms with van der Waals surface area (Å²) in [5, 5.41) is 0. The van der Waals surface area contributed by atoms with Crippen LogP contribution in [0.4, 0.5) is 0 Å². The Balaban J connectivity index is 1.91. The highest BCUT2D eigenvalue weighted by Gasteiger charge is 2.25. The van der Waals surface area contributed by atoms with Crippen LogP contribution in [-0.2, 0) is 0 Å². The van der Waals surface area contributed by atoms with Crippen LogP contribution in [0.1, 0.15) is 52.5 Å². The molecule has 1 aromatic carbocycles. The molecule has 0 spiro atoms. The van der Waals surface area contributed by atoms with Crippen molar-refractivity contribution < 1.29 is 0 Å². The van der Waals surface area contributed by atoms with E-state index in [1.807, 2.05) is 0 Å². The molecule has 1 aliphatic rings. The molecule has 1 saturated carbocycles. The van der Waals surface area contributed by atoms with Gasteiger partial charge >= 0.3 is 0 Å². The number of hydrogen-bond donors (Lipinski definition) is 0. The lowest BCUT2D eigenvalue weighted by Crippen LogP contribution is -2.21. The van der Waals surface area contributed by atoms with Crippen LogP contribution >= 0.6 is 0 Å². The summed E-state index contributed by atoms with van der Waals surface area (Å²) in [6.07, 6.45) is 7.37. The lowest BCUT2D eigenvalue weighted by molar-refractivity contribution is 0.226. The van der Waals surface area contributed by atoms with Crippen LogP contribution in [0.25, 0.3) is 11.0 Å². The minimum atomic E-state index is 0.611. The Labute approximate surface area is 122 Å². The average molecular weight is 270 g/mol. The van der Waals surface area contributed by atoms with E-state index in [0.717, 1.165) is 23.3 Å².